The Morgan fingerprint density at radius 3 is 2.71 bits per heavy atom. The molecule has 21 heavy (non-hydrogen) atoms. The molecular formula is C16H23FN3O+. The van der Waals surface area contributed by atoms with Gasteiger partial charge in [0.05, 0.1) is 20.1 Å². The molecular weight excluding hydrogens is 269 g/mol. The van der Waals surface area contributed by atoms with E-state index in [-0.39, 0.29) is 11.7 Å². The first-order chi connectivity index (χ1) is 10.0. The predicted octanol–water partition coefficient (Wildman–Crippen LogP) is 2.71. The minimum Gasteiger partial charge on any atom is -0.469 e. The van der Waals surface area contributed by atoms with Crippen molar-refractivity contribution in [2.75, 3.05) is 33.3 Å². The molecule has 0 aliphatic carbocycles. The van der Waals surface area contributed by atoms with Crippen molar-refractivity contribution in [2.24, 2.45) is 0 Å². The Morgan fingerprint density at radius 1 is 1.29 bits per heavy atom. The van der Waals surface area contributed by atoms with Crippen LogP contribution < -0.4 is 4.74 Å². The zero-order valence-electron chi connectivity index (χ0n) is 13.0. The minimum absolute atomic E-state index is 0.120. The van der Waals surface area contributed by atoms with Crippen LogP contribution in [0.1, 0.15) is 24.1 Å². The summed E-state index contributed by atoms with van der Waals surface area (Å²) in [6.07, 6.45) is 2.55. The van der Waals surface area contributed by atoms with Crippen LogP contribution in [0, 0.1) is 19.7 Å². The Hall–Kier alpha value is -1.62. The predicted molar refractivity (Wildman–Crippen MR) is 80.1 cm³/mol. The van der Waals surface area contributed by atoms with Gasteiger partial charge in [-0.2, -0.15) is 4.39 Å². The van der Waals surface area contributed by atoms with Crippen LogP contribution in [0.3, 0.4) is 0 Å². The van der Waals surface area contributed by atoms with E-state index < -0.39 is 0 Å². The average molecular weight is 292 g/mol. The Morgan fingerprint density at radius 2 is 2.00 bits per heavy atom. The van der Waals surface area contributed by atoms with Crippen molar-refractivity contribution < 1.29 is 13.6 Å². The van der Waals surface area contributed by atoms with Crippen molar-refractivity contribution in [2.45, 2.75) is 26.7 Å². The summed E-state index contributed by atoms with van der Waals surface area (Å²) >= 11 is 0. The van der Waals surface area contributed by atoms with Gasteiger partial charge in [0.2, 0.25) is 5.82 Å². The summed E-state index contributed by atoms with van der Waals surface area (Å²) in [7, 11) is 2.24. The number of fused-ring (bicyclic) bond motifs is 1. The molecule has 0 aromatic carbocycles. The lowest BCUT2D eigenvalue weighted by Crippen LogP contribution is -2.43. The van der Waals surface area contributed by atoms with Crippen LogP contribution in [0.25, 0.3) is 5.52 Å². The first-order valence-corrected chi connectivity index (χ1v) is 7.61. The summed E-state index contributed by atoms with van der Waals surface area (Å²) in [6.45, 7) is 7.73. The Bertz CT molecular complexity index is 659. The van der Waals surface area contributed by atoms with Crippen LogP contribution >= 0.6 is 0 Å². The fraction of sp³-hybridized carbons (Fsp3) is 0.562. The maximum atomic E-state index is 14.3. The molecule has 5 heteroatoms. The molecule has 3 heterocycles. The first-order valence-electron chi connectivity index (χ1n) is 7.61. The van der Waals surface area contributed by atoms with Gasteiger partial charge in [-0.3, -0.25) is 0 Å². The lowest BCUT2D eigenvalue weighted by molar-refractivity contribution is -0.897. The number of ether oxygens (including phenoxy) is 1. The SMILES string of the molecule is Cc1ccc2c(F)c(OCC[N+]3(C)CCCC3)nn2c1C. The first kappa shape index (κ1) is 14.3. The Kier molecular flexibility index (Phi) is 3.61. The standard InChI is InChI=1S/C16H23FN3O/c1-12-6-7-14-15(17)16(18-19(14)13(12)2)21-11-10-20(3)8-4-5-9-20/h6-7H,4-5,8-11H2,1-3H3/q+1. The molecule has 1 aliphatic rings. The van der Waals surface area contributed by atoms with Crippen molar-refractivity contribution in [1.29, 1.82) is 0 Å². The molecule has 0 spiro atoms. The number of likely N-dealkylation sites (tertiary alicyclic amines) is 1. The smallest absolute Gasteiger partial charge is 0.270 e. The van der Waals surface area contributed by atoms with Gasteiger partial charge in [0.15, 0.2) is 0 Å². The van der Waals surface area contributed by atoms with Crippen molar-refractivity contribution >= 4 is 5.52 Å². The van der Waals surface area contributed by atoms with E-state index in [0.717, 1.165) is 22.3 Å². The van der Waals surface area contributed by atoms with Crippen molar-refractivity contribution in [1.82, 2.24) is 9.61 Å². The second-order valence-electron chi connectivity index (χ2n) is 6.36. The van der Waals surface area contributed by atoms with E-state index in [1.165, 1.54) is 25.9 Å². The summed E-state index contributed by atoms with van der Waals surface area (Å²) < 4.78 is 22.6. The average Bonchev–Trinajstić information content (AvgIpc) is 3.01. The molecule has 0 unspecified atom stereocenters. The van der Waals surface area contributed by atoms with Crippen LogP contribution in [0.4, 0.5) is 4.39 Å². The van der Waals surface area contributed by atoms with Crippen molar-refractivity contribution in [3.05, 3.63) is 29.2 Å². The molecule has 0 amide bonds. The normalized spacial score (nSPS) is 17.5. The number of hydrogen-bond acceptors (Lipinski definition) is 2. The number of halogens is 1. The molecule has 0 bridgehead atoms. The highest BCUT2D eigenvalue weighted by Crippen LogP contribution is 2.23. The number of nitrogens with zero attached hydrogens (tertiary/aromatic N) is 3. The number of hydrogen-bond donors (Lipinski definition) is 0. The number of rotatable bonds is 4. The molecule has 1 fully saturated rings. The molecule has 0 atom stereocenters. The van der Waals surface area contributed by atoms with Crippen LogP contribution in [-0.2, 0) is 0 Å². The second kappa shape index (κ2) is 5.30. The van der Waals surface area contributed by atoms with Gasteiger partial charge in [-0.05, 0) is 25.5 Å². The topological polar surface area (TPSA) is 26.5 Å². The molecule has 3 rings (SSSR count). The van der Waals surface area contributed by atoms with Gasteiger partial charge >= 0.3 is 0 Å². The third-order valence-electron chi connectivity index (χ3n) is 4.73. The quantitative estimate of drug-likeness (QED) is 0.810. The fourth-order valence-electron chi connectivity index (χ4n) is 3.06. The van der Waals surface area contributed by atoms with Gasteiger partial charge < -0.3 is 9.22 Å². The van der Waals surface area contributed by atoms with E-state index >= 15 is 0 Å². The monoisotopic (exact) mass is 292 g/mol. The van der Waals surface area contributed by atoms with Crippen LogP contribution in [0.5, 0.6) is 5.88 Å². The highest BCUT2D eigenvalue weighted by atomic mass is 19.1. The van der Waals surface area contributed by atoms with E-state index in [1.54, 1.807) is 10.6 Å². The summed E-state index contributed by atoms with van der Waals surface area (Å²) in [5.74, 6) is -0.239. The molecule has 1 aliphatic heterocycles. The van der Waals surface area contributed by atoms with E-state index in [9.17, 15) is 4.39 Å². The van der Waals surface area contributed by atoms with Crippen LogP contribution in [-0.4, -0.2) is 47.4 Å². The van der Waals surface area contributed by atoms with Crippen molar-refractivity contribution in [3.63, 3.8) is 0 Å². The van der Waals surface area contributed by atoms with E-state index in [1.807, 2.05) is 19.9 Å². The highest BCUT2D eigenvalue weighted by Gasteiger charge is 2.27. The third-order valence-corrected chi connectivity index (χ3v) is 4.73. The zero-order valence-corrected chi connectivity index (χ0v) is 13.0. The molecule has 2 aromatic rings. The van der Waals surface area contributed by atoms with E-state index in [4.69, 9.17) is 4.74 Å². The fourth-order valence-corrected chi connectivity index (χ4v) is 3.06. The van der Waals surface area contributed by atoms with Gasteiger partial charge in [0.1, 0.15) is 18.7 Å². The third kappa shape index (κ3) is 2.62. The molecule has 2 aromatic heterocycles. The van der Waals surface area contributed by atoms with Gasteiger partial charge in [-0.15, -0.1) is 5.10 Å². The van der Waals surface area contributed by atoms with Gasteiger partial charge in [0.25, 0.3) is 5.88 Å². The maximum Gasteiger partial charge on any atom is 0.270 e. The van der Waals surface area contributed by atoms with Gasteiger partial charge in [-0.1, -0.05) is 6.07 Å². The molecule has 4 nitrogen and oxygen atoms in total. The van der Waals surface area contributed by atoms with Gasteiger partial charge in [0, 0.05) is 18.5 Å². The summed E-state index contributed by atoms with van der Waals surface area (Å²) in [5, 5.41) is 4.27. The minimum atomic E-state index is -0.359. The van der Waals surface area contributed by atoms with E-state index in [2.05, 4.69) is 12.1 Å². The molecule has 1 saturated heterocycles. The number of aromatic nitrogens is 2. The van der Waals surface area contributed by atoms with Crippen LogP contribution in [0.2, 0.25) is 0 Å². The highest BCUT2D eigenvalue weighted by molar-refractivity contribution is 5.53. The molecule has 0 N–H and O–H groups in total. The number of pyridine rings is 1. The largest absolute Gasteiger partial charge is 0.469 e. The Labute approximate surface area is 124 Å². The van der Waals surface area contributed by atoms with Crippen LogP contribution in [0.15, 0.2) is 12.1 Å². The molecule has 0 saturated carbocycles. The lowest BCUT2D eigenvalue weighted by atomic mass is 10.2. The molecule has 114 valence electrons. The maximum absolute atomic E-state index is 14.3. The van der Waals surface area contributed by atoms with Gasteiger partial charge in [-0.25, -0.2) is 4.52 Å². The lowest BCUT2D eigenvalue weighted by Gasteiger charge is -2.28. The van der Waals surface area contributed by atoms with Crippen molar-refractivity contribution in [3.8, 4) is 5.88 Å². The number of aryl methyl sites for hydroxylation is 2. The Balaban J connectivity index is 1.75. The number of likely N-dealkylation sites (N-methyl/N-ethyl adjacent to an activating group) is 1. The summed E-state index contributed by atoms with van der Waals surface area (Å²) in [5.41, 5.74) is 2.51. The number of quaternary nitrogens is 1. The summed E-state index contributed by atoms with van der Waals surface area (Å²) in [6, 6.07) is 3.67. The zero-order chi connectivity index (χ0) is 15.0. The molecule has 0 radical (unpaired) electrons. The van der Waals surface area contributed by atoms with E-state index in [0.29, 0.717) is 12.1 Å². The summed E-state index contributed by atoms with van der Waals surface area (Å²) in [4.78, 5) is 0. The second-order valence-corrected chi connectivity index (χ2v) is 6.36.